The molecule has 0 aromatic rings. The number of rotatable bonds is 6. The molecule has 1 N–H and O–H groups in total. The van der Waals surface area contributed by atoms with Gasteiger partial charge in [0.25, 0.3) is 0 Å². The highest BCUT2D eigenvalue weighted by atomic mass is 14.9. The van der Waals surface area contributed by atoms with Crippen molar-refractivity contribution in [2.45, 2.75) is 91.6 Å². The number of hydrogen-bond donors (Lipinski definition) is 1. The molecule has 0 aromatic carbocycles. The molecule has 0 saturated heterocycles. The smallest absolute Gasteiger partial charge is 0.00745 e. The maximum atomic E-state index is 3.98. The van der Waals surface area contributed by atoms with Crippen LogP contribution in [0.2, 0.25) is 0 Å². The third-order valence-corrected chi connectivity index (χ3v) is 4.24. The van der Waals surface area contributed by atoms with Crippen LogP contribution in [0.15, 0.2) is 0 Å². The molecular weight excluding hydrogens is 218 g/mol. The van der Waals surface area contributed by atoms with Crippen LogP contribution in [0.3, 0.4) is 0 Å². The molecule has 1 aliphatic rings. The molecule has 0 bridgehead atoms. The van der Waals surface area contributed by atoms with Crippen molar-refractivity contribution in [3.8, 4) is 0 Å². The lowest BCUT2D eigenvalue weighted by Gasteiger charge is -2.27. The maximum absolute atomic E-state index is 3.98. The van der Waals surface area contributed by atoms with Gasteiger partial charge in [-0.1, -0.05) is 47.5 Å². The molecule has 1 saturated carbocycles. The van der Waals surface area contributed by atoms with Gasteiger partial charge in [0, 0.05) is 12.1 Å². The minimum Gasteiger partial charge on any atom is -0.311 e. The average molecular weight is 253 g/mol. The van der Waals surface area contributed by atoms with Crippen LogP contribution in [0, 0.1) is 17.8 Å². The van der Waals surface area contributed by atoms with Gasteiger partial charge in [-0.15, -0.1) is 0 Å². The van der Waals surface area contributed by atoms with Crippen molar-refractivity contribution in [2.24, 2.45) is 17.8 Å². The molecule has 18 heavy (non-hydrogen) atoms. The van der Waals surface area contributed by atoms with E-state index in [1.165, 1.54) is 44.9 Å². The quantitative estimate of drug-likeness (QED) is 0.656. The van der Waals surface area contributed by atoms with Crippen LogP contribution in [0.1, 0.15) is 79.6 Å². The van der Waals surface area contributed by atoms with Gasteiger partial charge in [0.1, 0.15) is 0 Å². The Morgan fingerprint density at radius 3 is 2.06 bits per heavy atom. The number of nitrogens with one attached hydrogen (secondary N) is 1. The Morgan fingerprint density at radius 2 is 1.50 bits per heavy atom. The first-order valence-electron chi connectivity index (χ1n) is 8.23. The van der Waals surface area contributed by atoms with E-state index in [4.69, 9.17) is 0 Å². The van der Waals surface area contributed by atoms with E-state index in [1.807, 2.05) is 0 Å². The van der Waals surface area contributed by atoms with Gasteiger partial charge in [-0.05, 0) is 49.9 Å². The summed E-state index contributed by atoms with van der Waals surface area (Å²) in [6.45, 7) is 11.8. The van der Waals surface area contributed by atoms with Gasteiger partial charge in [-0.2, -0.15) is 0 Å². The number of hydrogen-bond acceptors (Lipinski definition) is 1. The van der Waals surface area contributed by atoms with Crippen LogP contribution in [0.25, 0.3) is 0 Å². The molecule has 1 nitrogen and oxygen atoms in total. The summed E-state index contributed by atoms with van der Waals surface area (Å²) < 4.78 is 0. The molecule has 0 spiro atoms. The van der Waals surface area contributed by atoms with E-state index < -0.39 is 0 Å². The minimum absolute atomic E-state index is 0.739. The highest BCUT2D eigenvalue weighted by Crippen LogP contribution is 2.24. The van der Waals surface area contributed by atoms with Crippen molar-refractivity contribution in [3.05, 3.63) is 0 Å². The SMILES string of the molecule is CC(C)CC(CC(C)C)NC1CCCC(C)CC1. The summed E-state index contributed by atoms with van der Waals surface area (Å²) in [4.78, 5) is 0. The standard InChI is InChI=1S/C17H35N/c1-13(2)11-17(12-14(3)4)18-16-8-6-7-15(5)9-10-16/h13-18H,6-12H2,1-5H3. The van der Waals surface area contributed by atoms with Crippen molar-refractivity contribution in [3.63, 3.8) is 0 Å². The van der Waals surface area contributed by atoms with Crippen LogP contribution >= 0.6 is 0 Å². The van der Waals surface area contributed by atoms with Gasteiger partial charge in [-0.3, -0.25) is 0 Å². The van der Waals surface area contributed by atoms with Crippen LogP contribution in [-0.4, -0.2) is 12.1 Å². The van der Waals surface area contributed by atoms with Gasteiger partial charge in [-0.25, -0.2) is 0 Å². The Balaban J connectivity index is 2.42. The normalized spacial score (nSPS) is 26.0. The molecule has 0 aromatic heterocycles. The fourth-order valence-electron chi connectivity index (χ4n) is 3.36. The molecule has 1 aliphatic carbocycles. The lowest BCUT2D eigenvalue weighted by atomic mass is 9.94. The maximum Gasteiger partial charge on any atom is 0.00745 e. The Labute approximate surface area is 115 Å². The van der Waals surface area contributed by atoms with E-state index in [1.54, 1.807) is 0 Å². The fraction of sp³-hybridized carbons (Fsp3) is 1.00. The molecule has 2 atom stereocenters. The minimum atomic E-state index is 0.739. The van der Waals surface area contributed by atoms with Crippen LogP contribution in [0.4, 0.5) is 0 Å². The molecular formula is C17H35N. The predicted molar refractivity (Wildman–Crippen MR) is 81.9 cm³/mol. The van der Waals surface area contributed by atoms with E-state index >= 15 is 0 Å². The molecule has 108 valence electrons. The zero-order valence-corrected chi connectivity index (χ0v) is 13.3. The first-order chi connectivity index (χ1) is 8.47. The van der Waals surface area contributed by atoms with E-state index in [9.17, 15) is 0 Å². The highest BCUT2D eigenvalue weighted by molar-refractivity contribution is 4.79. The van der Waals surface area contributed by atoms with Gasteiger partial charge < -0.3 is 5.32 Å². The van der Waals surface area contributed by atoms with Gasteiger partial charge in [0.15, 0.2) is 0 Å². The second-order valence-corrected chi connectivity index (χ2v) is 7.43. The zero-order valence-electron chi connectivity index (χ0n) is 13.3. The van der Waals surface area contributed by atoms with Crippen molar-refractivity contribution in [1.29, 1.82) is 0 Å². The average Bonchev–Trinajstić information content (AvgIpc) is 2.41. The monoisotopic (exact) mass is 253 g/mol. The summed E-state index contributed by atoms with van der Waals surface area (Å²) in [5, 5.41) is 3.98. The van der Waals surface area contributed by atoms with E-state index in [-0.39, 0.29) is 0 Å². The van der Waals surface area contributed by atoms with E-state index in [0.29, 0.717) is 0 Å². The van der Waals surface area contributed by atoms with E-state index in [0.717, 1.165) is 29.8 Å². The Hall–Kier alpha value is -0.0400. The third kappa shape index (κ3) is 6.78. The van der Waals surface area contributed by atoms with Gasteiger partial charge in [0.2, 0.25) is 0 Å². The summed E-state index contributed by atoms with van der Waals surface area (Å²) >= 11 is 0. The molecule has 0 aliphatic heterocycles. The van der Waals surface area contributed by atoms with Crippen LogP contribution < -0.4 is 5.32 Å². The summed E-state index contributed by atoms with van der Waals surface area (Å²) in [6, 6.07) is 1.53. The zero-order chi connectivity index (χ0) is 13.5. The second-order valence-electron chi connectivity index (χ2n) is 7.43. The van der Waals surface area contributed by atoms with Crippen LogP contribution in [0.5, 0.6) is 0 Å². The molecule has 0 amide bonds. The third-order valence-electron chi connectivity index (χ3n) is 4.24. The molecule has 1 fully saturated rings. The van der Waals surface area contributed by atoms with Crippen molar-refractivity contribution >= 4 is 0 Å². The van der Waals surface area contributed by atoms with Gasteiger partial charge >= 0.3 is 0 Å². The fourth-order valence-corrected chi connectivity index (χ4v) is 3.36. The van der Waals surface area contributed by atoms with Crippen molar-refractivity contribution in [2.75, 3.05) is 0 Å². The molecule has 1 heteroatoms. The molecule has 0 radical (unpaired) electrons. The molecule has 2 unspecified atom stereocenters. The van der Waals surface area contributed by atoms with Crippen molar-refractivity contribution in [1.82, 2.24) is 5.32 Å². The second kappa shape index (κ2) is 8.19. The highest BCUT2D eigenvalue weighted by Gasteiger charge is 2.20. The Bertz CT molecular complexity index is 200. The summed E-state index contributed by atoms with van der Waals surface area (Å²) in [5.41, 5.74) is 0. The topological polar surface area (TPSA) is 12.0 Å². The first-order valence-corrected chi connectivity index (χ1v) is 8.23. The summed E-state index contributed by atoms with van der Waals surface area (Å²) in [6.07, 6.45) is 9.76. The molecule has 1 rings (SSSR count). The van der Waals surface area contributed by atoms with Gasteiger partial charge in [0.05, 0.1) is 0 Å². The Morgan fingerprint density at radius 1 is 0.889 bits per heavy atom. The Kier molecular flexibility index (Phi) is 7.29. The summed E-state index contributed by atoms with van der Waals surface area (Å²) in [5.74, 6) is 2.57. The predicted octanol–water partition coefficient (Wildman–Crippen LogP) is 5.01. The molecule has 0 heterocycles. The first kappa shape index (κ1) is 16.0. The van der Waals surface area contributed by atoms with Crippen molar-refractivity contribution < 1.29 is 0 Å². The lowest BCUT2D eigenvalue weighted by Crippen LogP contribution is -2.39. The lowest BCUT2D eigenvalue weighted by molar-refractivity contribution is 0.310. The van der Waals surface area contributed by atoms with E-state index in [2.05, 4.69) is 39.9 Å². The largest absolute Gasteiger partial charge is 0.311 e. The van der Waals surface area contributed by atoms with Crippen LogP contribution in [-0.2, 0) is 0 Å². The summed E-state index contributed by atoms with van der Waals surface area (Å²) in [7, 11) is 0.